The Morgan fingerprint density at radius 2 is 2.06 bits per heavy atom. The molecule has 1 heterocycles. The topological polar surface area (TPSA) is 107 Å². The third kappa shape index (κ3) is 5.76. The molecule has 2 N–H and O–H groups in total. The number of methoxy groups -OCH3 is 1. The largest absolute Gasteiger partial charge is 0.493 e. The normalized spacial score (nSPS) is 11.8. The Morgan fingerprint density at radius 3 is 2.84 bits per heavy atom. The number of halogens is 1. The van der Waals surface area contributed by atoms with Crippen molar-refractivity contribution in [1.29, 1.82) is 0 Å². The average Bonchev–Trinajstić information content (AvgIpc) is 3.24. The summed E-state index contributed by atoms with van der Waals surface area (Å²) in [6.07, 6.45) is 3.07. The van der Waals surface area contributed by atoms with Crippen molar-refractivity contribution in [3.8, 4) is 23.0 Å². The van der Waals surface area contributed by atoms with Gasteiger partial charge in [-0.15, -0.1) is 0 Å². The second kappa shape index (κ2) is 10.5. The molecule has 0 atom stereocenters. The van der Waals surface area contributed by atoms with Gasteiger partial charge in [0.25, 0.3) is 11.8 Å². The standard InChI is InChI=1S/C21H20BrN3O6/c1-3-6-29-20-15(22)7-13(8-18(20)28-2)10-24-25-19(26)11-23-21(27)14-4-5-16-17(9-14)31-12-30-16/h3-5,7-10H,1,6,11-12H2,2H3,(H,23,27)(H,25,26)/b24-10+. The number of fused-ring (bicyclic) bond motifs is 1. The lowest BCUT2D eigenvalue weighted by atomic mass is 10.2. The Bertz CT molecular complexity index is 1020. The van der Waals surface area contributed by atoms with E-state index in [1.165, 1.54) is 13.3 Å². The van der Waals surface area contributed by atoms with Crippen molar-refractivity contribution < 1.29 is 28.5 Å². The Balaban J connectivity index is 1.52. The van der Waals surface area contributed by atoms with E-state index < -0.39 is 11.8 Å². The van der Waals surface area contributed by atoms with Gasteiger partial charge in [-0.25, -0.2) is 5.43 Å². The van der Waals surface area contributed by atoms with Crippen molar-refractivity contribution in [3.05, 3.63) is 58.6 Å². The molecular formula is C21H20BrN3O6. The minimum absolute atomic E-state index is 0.119. The second-order valence-electron chi connectivity index (χ2n) is 6.18. The first kappa shape index (κ1) is 22.2. The summed E-state index contributed by atoms with van der Waals surface area (Å²) in [6, 6.07) is 8.26. The molecule has 1 aliphatic heterocycles. The maximum Gasteiger partial charge on any atom is 0.259 e. The fourth-order valence-corrected chi connectivity index (χ4v) is 3.19. The molecule has 0 radical (unpaired) electrons. The van der Waals surface area contributed by atoms with Crippen LogP contribution in [0.1, 0.15) is 15.9 Å². The van der Waals surface area contributed by atoms with Gasteiger partial charge in [0.15, 0.2) is 23.0 Å². The predicted octanol–water partition coefficient (Wildman–Crippen LogP) is 2.63. The highest BCUT2D eigenvalue weighted by Crippen LogP contribution is 2.36. The van der Waals surface area contributed by atoms with Crippen LogP contribution in [0.15, 0.2) is 52.6 Å². The summed E-state index contributed by atoms with van der Waals surface area (Å²) in [5.74, 6) is 1.20. The molecule has 2 aromatic carbocycles. The van der Waals surface area contributed by atoms with E-state index in [9.17, 15) is 9.59 Å². The zero-order valence-electron chi connectivity index (χ0n) is 16.6. The molecule has 1 aliphatic rings. The van der Waals surface area contributed by atoms with Gasteiger partial charge in [-0.1, -0.05) is 12.7 Å². The summed E-state index contributed by atoms with van der Waals surface area (Å²) in [6.45, 7) is 3.82. The maximum absolute atomic E-state index is 12.2. The van der Waals surface area contributed by atoms with E-state index in [1.807, 2.05) is 0 Å². The number of carbonyl (C=O) groups excluding carboxylic acids is 2. The number of nitrogens with zero attached hydrogens (tertiary/aromatic N) is 1. The summed E-state index contributed by atoms with van der Waals surface area (Å²) in [5.41, 5.74) is 3.38. The minimum atomic E-state index is -0.484. The van der Waals surface area contributed by atoms with E-state index in [2.05, 4.69) is 38.4 Å². The third-order valence-corrected chi connectivity index (χ3v) is 4.63. The highest BCUT2D eigenvalue weighted by molar-refractivity contribution is 9.10. The van der Waals surface area contributed by atoms with Gasteiger partial charge < -0.3 is 24.3 Å². The number of benzene rings is 2. The van der Waals surface area contributed by atoms with Crippen molar-refractivity contribution >= 4 is 34.0 Å². The Morgan fingerprint density at radius 1 is 1.26 bits per heavy atom. The van der Waals surface area contributed by atoms with Gasteiger partial charge in [0.05, 0.1) is 24.3 Å². The number of nitrogens with one attached hydrogen (secondary N) is 2. The molecule has 31 heavy (non-hydrogen) atoms. The molecule has 0 bridgehead atoms. The molecule has 2 amide bonds. The second-order valence-corrected chi connectivity index (χ2v) is 7.03. The minimum Gasteiger partial charge on any atom is -0.493 e. The molecule has 2 aromatic rings. The highest BCUT2D eigenvalue weighted by Gasteiger charge is 2.16. The zero-order chi connectivity index (χ0) is 22.2. The van der Waals surface area contributed by atoms with Crippen molar-refractivity contribution in [2.24, 2.45) is 5.10 Å². The van der Waals surface area contributed by atoms with Crippen LogP contribution < -0.4 is 29.7 Å². The zero-order valence-corrected chi connectivity index (χ0v) is 18.2. The first-order chi connectivity index (χ1) is 15.0. The fourth-order valence-electron chi connectivity index (χ4n) is 2.62. The lowest BCUT2D eigenvalue weighted by Crippen LogP contribution is -2.34. The van der Waals surface area contributed by atoms with Crippen molar-refractivity contribution in [2.45, 2.75) is 0 Å². The van der Waals surface area contributed by atoms with Gasteiger partial charge in [0, 0.05) is 5.56 Å². The SMILES string of the molecule is C=CCOc1c(Br)cc(/C=N/NC(=O)CNC(=O)c2ccc3c(c2)OCO3)cc1OC. The van der Waals surface area contributed by atoms with Crippen LogP contribution in [0.2, 0.25) is 0 Å². The van der Waals surface area contributed by atoms with Crippen molar-refractivity contribution in [2.75, 3.05) is 27.1 Å². The van der Waals surface area contributed by atoms with Crippen LogP contribution in [0.5, 0.6) is 23.0 Å². The number of amides is 2. The molecule has 0 unspecified atom stereocenters. The number of hydrazone groups is 1. The van der Waals surface area contributed by atoms with Gasteiger partial charge in [-0.05, 0) is 51.8 Å². The summed E-state index contributed by atoms with van der Waals surface area (Å²) >= 11 is 3.42. The van der Waals surface area contributed by atoms with Crippen LogP contribution >= 0.6 is 15.9 Å². The summed E-state index contributed by atoms with van der Waals surface area (Å²) in [5, 5.41) is 6.42. The number of hydrogen-bond acceptors (Lipinski definition) is 7. The lowest BCUT2D eigenvalue weighted by molar-refractivity contribution is -0.120. The predicted molar refractivity (Wildman–Crippen MR) is 117 cm³/mol. The van der Waals surface area contributed by atoms with Gasteiger partial charge in [-0.2, -0.15) is 5.10 Å². The third-order valence-electron chi connectivity index (χ3n) is 4.04. The van der Waals surface area contributed by atoms with Gasteiger partial charge in [0.2, 0.25) is 6.79 Å². The molecule has 0 aliphatic carbocycles. The molecule has 0 spiro atoms. The van der Waals surface area contributed by atoms with E-state index >= 15 is 0 Å². The summed E-state index contributed by atoms with van der Waals surface area (Å²) < 4.78 is 22.0. The van der Waals surface area contributed by atoms with Crippen LogP contribution in [0.3, 0.4) is 0 Å². The van der Waals surface area contributed by atoms with Crippen LogP contribution in [-0.4, -0.2) is 45.1 Å². The van der Waals surface area contributed by atoms with Crippen LogP contribution in [-0.2, 0) is 4.79 Å². The van der Waals surface area contributed by atoms with E-state index in [0.29, 0.717) is 45.2 Å². The van der Waals surface area contributed by atoms with Gasteiger partial charge >= 0.3 is 0 Å². The van der Waals surface area contributed by atoms with Gasteiger partial charge in [0.1, 0.15) is 6.61 Å². The molecule has 10 heteroatoms. The molecule has 3 rings (SSSR count). The van der Waals surface area contributed by atoms with Gasteiger partial charge in [-0.3, -0.25) is 9.59 Å². The summed E-state index contributed by atoms with van der Waals surface area (Å²) in [4.78, 5) is 24.2. The Labute approximate surface area is 187 Å². The molecule has 162 valence electrons. The Kier molecular flexibility index (Phi) is 7.50. The number of hydrogen-bond donors (Lipinski definition) is 2. The molecule has 9 nitrogen and oxygen atoms in total. The molecule has 0 aromatic heterocycles. The molecule has 0 saturated carbocycles. The first-order valence-corrected chi connectivity index (χ1v) is 9.92. The van der Waals surface area contributed by atoms with Crippen molar-refractivity contribution in [1.82, 2.24) is 10.7 Å². The highest BCUT2D eigenvalue weighted by atomic mass is 79.9. The maximum atomic E-state index is 12.2. The average molecular weight is 490 g/mol. The number of rotatable bonds is 9. The molecule has 0 fully saturated rings. The van der Waals surface area contributed by atoms with Crippen LogP contribution in [0.4, 0.5) is 0 Å². The fraction of sp³-hybridized carbons (Fsp3) is 0.190. The van der Waals surface area contributed by atoms with E-state index in [0.717, 1.165) is 0 Å². The van der Waals surface area contributed by atoms with Crippen LogP contribution in [0, 0.1) is 0 Å². The van der Waals surface area contributed by atoms with E-state index in [1.54, 1.807) is 36.4 Å². The first-order valence-electron chi connectivity index (χ1n) is 9.12. The molecular weight excluding hydrogens is 470 g/mol. The number of ether oxygens (including phenoxy) is 4. The monoisotopic (exact) mass is 489 g/mol. The van der Waals surface area contributed by atoms with Crippen molar-refractivity contribution in [3.63, 3.8) is 0 Å². The smallest absolute Gasteiger partial charge is 0.259 e. The Hall–Kier alpha value is -3.53. The van der Waals surface area contributed by atoms with Crippen LogP contribution in [0.25, 0.3) is 0 Å². The lowest BCUT2D eigenvalue weighted by Gasteiger charge is -2.12. The summed E-state index contributed by atoms with van der Waals surface area (Å²) in [7, 11) is 1.52. The van der Waals surface area contributed by atoms with E-state index in [-0.39, 0.29) is 13.3 Å². The van der Waals surface area contributed by atoms with E-state index in [4.69, 9.17) is 18.9 Å². The molecule has 0 saturated heterocycles. The quantitative estimate of drug-likeness (QED) is 0.318. The number of carbonyl (C=O) groups is 2.